The molecule has 3 aromatic rings. The van der Waals surface area contributed by atoms with Gasteiger partial charge < -0.3 is 19.3 Å². The molecule has 180 valence electrons. The highest BCUT2D eigenvalue weighted by atomic mass is 35.5. The van der Waals surface area contributed by atoms with Crippen molar-refractivity contribution >= 4 is 17.6 Å². The van der Waals surface area contributed by atoms with Crippen molar-refractivity contribution in [1.29, 1.82) is 0 Å². The highest BCUT2D eigenvalue weighted by Gasteiger charge is 2.13. The summed E-state index contributed by atoms with van der Waals surface area (Å²) in [5.74, 6) is 1.90. The van der Waals surface area contributed by atoms with Crippen molar-refractivity contribution in [2.45, 2.75) is 52.6 Å². The molecule has 0 heterocycles. The van der Waals surface area contributed by atoms with Crippen molar-refractivity contribution in [3.05, 3.63) is 82.4 Å². The van der Waals surface area contributed by atoms with Gasteiger partial charge in [-0.2, -0.15) is 0 Å². The van der Waals surface area contributed by atoms with E-state index in [4.69, 9.17) is 30.9 Å². The second-order valence-electron chi connectivity index (χ2n) is 8.25. The fourth-order valence-electron chi connectivity index (χ4n) is 3.59. The monoisotopic (exact) mass is 482 g/mol. The van der Waals surface area contributed by atoms with Crippen LogP contribution in [0.1, 0.15) is 43.4 Å². The lowest BCUT2D eigenvalue weighted by Crippen LogP contribution is -2.16. The molecule has 0 saturated heterocycles. The lowest BCUT2D eigenvalue weighted by molar-refractivity contribution is -0.136. The van der Waals surface area contributed by atoms with E-state index >= 15 is 0 Å². The van der Waals surface area contributed by atoms with E-state index in [2.05, 4.69) is 6.92 Å². The molecule has 0 aliphatic rings. The number of carbonyl (C=O) groups is 1. The van der Waals surface area contributed by atoms with E-state index in [1.165, 1.54) is 0 Å². The van der Waals surface area contributed by atoms with Crippen LogP contribution in [0.2, 0.25) is 5.02 Å². The Morgan fingerprint density at radius 2 is 1.82 bits per heavy atom. The van der Waals surface area contributed by atoms with Crippen LogP contribution in [0.4, 0.5) is 0 Å². The Bertz CT molecular complexity index is 1110. The van der Waals surface area contributed by atoms with Crippen LogP contribution in [-0.2, 0) is 17.6 Å². The smallest absolute Gasteiger partial charge is 0.303 e. The summed E-state index contributed by atoms with van der Waals surface area (Å²) in [6.07, 6.45) is 2.04. The van der Waals surface area contributed by atoms with Gasteiger partial charge in [-0.05, 0) is 79.8 Å². The van der Waals surface area contributed by atoms with Gasteiger partial charge in [0.15, 0.2) is 11.5 Å². The molecule has 0 aliphatic carbocycles. The fraction of sp³-hybridized carbons (Fsp3) is 0.321. The van der Waals surface area contributed by atoms with E-state index in [1.54, 1.807) is 12.1 Å². The number of hydrogen-bond donors (Lipinski definition) is 1. The highest BCUT2D eigenvalue weighted by molar-refractivity contribution is 6.30. The van der Waals surface area contributed by atoms with Crippen LogP contribution in [0.3, 0.4) is 0 Å². The SMILES string of the molecule is CCc1cc(OCCC(C)Oc2ccc(Cl)cc2Oc2cccc(C)c2)ccc1CCC(=O)O. The number of halogens is 1. The maximum Gasteiger partial charge on any atom is 0.303 e. The van der Waals surface area contributed by atoms with Crippen LogP contribution in [0, 0.1) is 6.92 Å². The number of aryl methyl sites for hydroxylation is 3. The van der Waals surface area contributed by atoms with E-state index in [-0.39, 0.29) is 12.5 Å². The maximum absolute atomic E-state index is 10.9. The predicted molar refractivity (Wildman–Crippen MR) is 135 cm³/mol. The Hall–Kier alpha value is -3.18. The average Bonchev–Trinajstić information content (AvgIpc) is 2.80. The maximum atomic E-state index is 10.9. The first-order valence-corrected chi connectivity index (χ1v) is 11.9. The zero-order chi connectivity index (χ0) is 24.5. The van der Waals surface area contributed by atoms with Gasteiger partial charge in [-0.25, -0.2) is 0 Å². The first kappa shape index (κ1) is 25.4. The van der Waals surface area contributed by atoms with Gasteiger partial charge >= 0.3 is 5.97 Å². The number of rotatable bonds is 12. The third-order valence-electron chi connectivity index (χ3n) is 5.41. The number of hydrogen-bond acceptors (Lipinski definition) is 4. The van der Waals surface area contributed by atoms with Gasteiger partial charge in [0.1, 0.15) is 11.5 Å². The Morgan fingerprint density at radius 3 is 2.56 bits per heavy atom. The zero-order valence-corrected chi connectivity index (χ0v) is 20.6. The van der Waals surface area contributed by atoms with E-state index in [1.807, 2.05) is 62.4 Å². The minimum atomic E-state index is -0.788. The van der Waals surface area contributed by atoms with Gasteiger partial charge in [0.25, 0.3) is 0 Å². The highest BCUT2D eigenvalue weighted by Crippen LogP contribution is 2.35. The fourth-order valence-corrected chi connectivity index (χ4v) is 3.75. The number of carboxylic acids is 1. The molecular weight excluding hydrogens is 452 g/mol. The summed E-state index contributed by atoms with van der Waals surface area (Å²) in [6.45, 7) is 6.54. The Balaban J connectivity index is 1.57. The lowest BCUT2D eigenvalue weighted by Gasteiger charge is -2.18. The quantitative estimate of drug-likeness (QED) is 0.294. The van der Waals surface area contributed by atoms with E-state index in [0.29, 0.717) is 36.0 Å². The van der Waals surface area contributed by atoms with E-state index in [0.717, 1.165) is 34.6 Å². The molecule has 34 heavy (non-hydrogen) atoms. The van der Waals surface area contributed by atoms with Crippen LogP contribution in [0.25, 0.3) is 0 Å². The molecule has 1 unspecified atom stereocenters. The molecular formula is C28H31ClO5. The molecule has 0 amide bonds. The minimum absolute atomic E-state index is 0.110. The van der Waals surface area contributed by atoms with Gasteiger partial charge in [-0.1, -0.05) is 36.7 Å². The first-order chi connectivity index (χ1) is 16.3. The van der Waals surface area contributed by atoms with Crippen LogP contribution in [-0.4, -0.2) is 23.8 Å². The zero-order valence-electron chi connectivity index (χ0n) is 19.8. The summed E-state index contributed by atoms with van der Waals surface area (Å²) < 4.78 is 18.1. The molecule has 1 N–H and O–H groups in total. The van der Waals surface area contributed by atoms with Crippen LogP contribution < -0.4 is 14.2 Å². The molecule has 0 bridgehead atoms. The average molecular weight is 483 g/mol. The molecule has 0 aromatic heterocycles. The first-order valence-electron chi connectivity index (χ1n) is 11.5. The summed E-state index contributed by atoms with van der Waals surface area (Å²) in [6, 6.07) is 19.0. The van der Waals surface area contributed by atoms with E-state index < -0.39 is 5.97 Å². The topological polar surface area (TPSA) is 65.0 Å². The van der Waals surface area contributed by atoms with Gasteiger partial charge in [0, 0.05) is 23.9 Å². The molecule has 6 heteroatoms. The summed E-state index contributed by atoms with van der Waals surface area (Å²) >= 11 is 6.19. The van der Waals surface area contributed by atoms with Gasteiger partial charge in [0.05, 0.1) is 12.7 Å². The minimum Gasteiger partial charge on any atom is -0.493 e. The lowest BCUT2D eigenvalue weighted by atomic mass is 10.0. The van der Waals surface area contributed by atoms with Gasteiger partial charge in [0.2, 0.25) is 0 Å². The molecule has 1 atom stereocenters. The summed E-state index contributed by atoms with van der Waals surface area (Å²) in [5.41, 5.74) is 3.27. The standard InChI is InChI=1S/C28H31ClO5/c1-4-21-17-24(11-8-22(21)9-13-28(30)31)32-15-14-20(3)33-26-12-10-23(29)18-27(26)34-25-7-5-6-19(2)16-25/h5-8,10-12,16-18,20H,4,9,13-15H2,1-3H3,(H,30,31). The molecule has 0 radical (unpaired) electrons. The van der Waals surface area contributed by atoms with Gasteiger partial charge in [-0.3, -0.25) is 4.79 Å². The summed E-state index contributed by atoms with van der Waals surface area (Å²) in [4.78, 5) is 10.9. The summed E-state index contributed by atoms with van der Waals surface area (Å²) in [5, 5.41) is 9.50. The second-order valence-corrected chi connectivity index (χ2v) is 8.69. The van der Waals surface area contributed by atoms with Crippen LogP contribution in [0.5, 0.6) is 23.0 Å². The van der Waals surface area contributed by atoms with E-state index in [9.17, 15) is 4.79 Å². The summed E-state index contributed by atoms with van der Waals surface area (Å²) in [7, 11) is 0. The molecule has 3 aromatic carbocycles. The van der Waals surface area contributed by atoms with Crippen molar-refractivity contribution in [2.75, 3.05) is 6.61 Å². The molecule has 0 spiro atoms. The predicted octanol–water partition coefficient (Wildman–Crippen LogP) is 7.26. The third kappa shape index (κ3) is 7.70. The van der Waals surface area contributed by atoms with Crippen molar-refractivity contribution < 1.29 is 24.1 Å². The molecule has 3 rings (SSSR count). The van der Waals surface area contributed by atoms with Crippen molar-refractivity contribution in [3.63, 3.8) is 0 Å². The number of benzene rings is 3. The Kier molecular flexibility index (Phi) is 9.23. The molecule has 0 fully saturated rings. The third-order valence-corrected chi connectivity index (χ3v) is 5.65. The largest absolute Gasteiger partial charge is 0.493 e. The Labute approximate surface area is 206 Å². The van der Waals surface area contributed by atoms with Crippen LogP contribution >= 0.6 is 11.6 Å². The number of ether oxygens (including phenoxy) is 3. The second kappa shape index (κ2) is 12.3. The molecule has 5 nitrogen and oxygen atoms in total. The van der Waals surface area contributed by atoms with Crippen molar-refractivity contribution in [2.24, 2.45) is 0 Å². The van der Waals surface area contributed by atoms with Crippen molar-refractivity contribution in [3.8, 4) is 23.0 Å². The molecule has 0 aliphatic heterocycles. The van der Waals surface area contributed by atoms with Crippen molar-refractivity contribution in [1.82, 2.24) is 0 Å². The van der Waals surface area contributed by atoms with Crippen LogP contribution in [0.15, 0.2) is 60.7 Å². The number of aliphatic carboxylic acids is 1. The number of carboxylic acid groups (broad SMARTS) is 1. The molecule has 0 saturated carbocycles. The normalized spacial score (nSPS) is 11.6. The Morgan fingerprint density at radius 1 is 1.00 bits per heavy atom. The van der Waals surface area contributed by atoms with Gasteiger partial charge in [-0.15, -0.1) is 0 Å².